The molecule has 52 valence electrons. The summed E-state index contributed by atoms with van der Waals surface area (Å²) in [5.74, 6) is 0. The van der Waals surface area contributed by atoms with Crippen molar-refractivity contribution in [2.75, 3.05) is 0 Å². The van der Waals surface area contributed by atoms with Crippen LogP contribution in [0.2, 0.25) is 0 Å². The zero-order valence-electron chi connectivity index (χ0n) is 5.23. The van der Waals surface area contributed by atoms with Crippen molar-refractivity contribution in [1.82, 2.24) is 9.78 Å². The van der Waals surface area contributed by atoms with Gasteiger partial charge in [-0.15, -0.1) is 0 Å². The molecule has 0 atom stereocenters. The Hall–Kier alpha value is -1.45. The molecular weight excluding hydrogens is 132 g/mol. The highest BCUT2D eigenvalue weighted by atomic mass is 16.1. The lowest BCUT2D eigenvalue weighted by molar-refractivity contribution is -0.108. The Morgan fingerprint density at radius 3 is 3.10 bits per heavy atom. The van der Waals surface area contributed by atoms with E-state index in [4.69, 9.17) is 0 Å². The maximum atomic E-state index is 10.8. The minimum atomic E-state index is -0.255. The van der Waals surface area contributed by atoms with Crippen LogP contribution in [-0.4, -0.2) is 16.1 Å². The fraction of sp³-hybridized carbons (Fsp3) is 0.167. The second kappa shape index (κ2) is 2.91. The smallest absolute Gasteiger partial charge is 0.267 e. The number of carbonyl (C=O) groups excluding carboxylic acids is 1. The minimum absolute atomic E-state index is 0.0275. The summed E-state index contributed by atoms with van der Waals surface area (Å²) in [4.78, 5) is 20.7. The lowest BCUT2D eigenvalue weighted by Crippen LogP contribution is -2.21. The Balaban J connectivity index is 3.03. The zero-order valence-corrected chi connectivity index (χ0v) is 5.23. The van der Waals surface area contributed by atoms with Gasteiger partial charge in [0.1, 0.15) is 12.8 Å². The lowest BCUT2D eigenvalue weighted by Gasteiger charge is -1.93. The molecule has 4 nitrogen and oxygen atoms in total. The molecule has 1 heterocycles. The fourth-order valence-corrected chi connectivity index (χ4v) is 0.595. The number of hydrogen-bond donors (Lipinski definition) is 0. The van der Waals surface area contributed by atoms with Crippen LogP contribution in [-0.2, 0) is 11.3 Å². The van der Waals surface area contributed by atoms with Gasteiger partial charge >= 0.3 is 0 Å². The van der Waals surface area contributed by atoms with Crippen molar-refractivity contribution >= 4 is 6.29 Å². The molecule has 0 saturated carbocycles. The molecule has 0 aliphatic rings. The quantitative estimate of drug-likeness (QED) is 0.515. The van der Waals surface area contributed by atoms with Crippen molar-refractivity contribution < 1.29 is 4.79 Å². The van der Waals surface area contributed by atoms with Gasteiger partial charge in [0.15, 0.2) is 0 Å². The van der Waals surface area contributed by atoms with E-state index in [2.05, 4.69) is 5.10 Å². The number of nitrogens with zero attached hydrogens (tertiary/aromatic N) is 2. The van der Waals surface area contributed by atoms with E-state index >= 15 is 0 Å². The maximum absolute atomic E-state index is 10.8. The molecule has 0 N–H and O–H groups in total. The molecule has 4 heteroatoms. The van der Waals surface area contributed by atoms with Crippen LogP contribution in [0.4, 0.5) is 0 Å². The summed E-state index contributed by atoms with van der Waals surface area (Å²) in [6.45, 7) is 0.0275. The molecule has 0 radical (unpaired) electrons. The molecule has 1 aromatic rings. The Morgan fingerprint density at radius 1 is 1.70 bits per heavy atom. The van der Waals surface area contributed by atoms with Crippen molar-refractivity contribution in [2.45, 2.75) is 6.54 Å². The number of hydrogen-bond acceptors (Lipinski definition) is 3. The lowest BCUT2D eigenvalue weighted by atomic mass is 10.6. The molecule has 0 fully saturated rings. The van der Waals surface area contributed by atoms with Crippen LogP contribution >= 0.6 is 0 Å². The zero-order chi connectivity index (χ0) is 7.40. The summed E-state index contributed by atoms with van der Waals surface area (Å²) in [6, 6.07) is 2.89. The molecule has 1 rings (SSSR count). The SMILES string of the molecule is O=CCn1ncccc1=O. The molecule has 0 aliphatic carbocycles. The van der Waals surface area contributed by atoms with E-state index < -0.39 is 0 Å². The summed E-state index contributed by atoms with van der Waals surface area (Å²) in [5, 5.41) is 3.64. The predicted molar refractivity (Wildman–Crippen MR) is 34.6 cm³/mol. The van der Waals surface area contributed by atoms with Crippen molar-refractivity contribution in [2.24, 2.45) is 0 Å². The molecule has 0 bridgehead atoms. The number of carbonyl (C=O) groups is 1. The third kappa shape index (κ3) is 1.28. The van der Waals surface area contributed by atoms with Gasteiger partial charge in [-0.1, -0.05) is 0 Å². The average Bonchev–Trinajstić information content (AvgIpc) is 1.94. The third-order valence-electron chi connectivity index (χ3n) is 1.03. The van der Waals surface area contributed by atoms with Gasteiger partial charge in [-0.2, -0.15) is 5.10 Å². The number of rotatable bonds is 2. The number of aldehydes is 1. The van der Waals surface area contributed by atoms with E-state index in [0.29, 0.717) is 6.29 Å². The first-order valence-corrected chi connectivity index (χ1v) is 2.80. The molecule has 0 saturated heterocycles. The third-order valence-corrected chi connectivity index (χ3v) is 1.03. The van der Waals surface area contributed by atoms with E-state index in [-0.39, 0.29) is 12.1 Å². The second-order valence-electron chi connectivity index (χ2n) is 1.71. The summed E-state index contributed by atoms with van der Waals surface area (Å²) in [6.07, 6.45) is 2.10. The molecule has 0 aliphatic heterocycles. The molecule has 10 heavy (non-hydrogen) atoms. The van der Waals surface area contributed by atoms with E-state index in [1.54, 1.807) is 0 Å². The molecule has 0 aromatic carbocycles. The molecule has 0 amide bonds. The largest absolute Gasteiger partial charge is 0.301 e. The first-order valence-electron chi connectivity index (χ1n) is 2.80. The van der Waals surface area contributed by atoms with E-state index in [0.717, 1.165) is 4.68 Å². The Morgan fingerprint density at radius 2 is 2.50 bits per heavy atom. The topological polar surface area (TPSA) is 52.0 Å². The van der Waals surface area contributed by atoms with Gasteiger partial charge in [-0.25, -0.2) is 4.68 Å². The van der Waals surface area contributed by atoms with Gasteiger partial charge in [0.05, 0.1) is 0 Å². The Bertz CT molecular complexity index is 279. The molecule has 0 unspecified atom stereocenters. The van der Waals surface area contributed by atoms with Crippen molar-refractivity contribution in [3.63, 3.8) is 0 Å². The highest BCUT2D eigenvalue weighted by molar-refractivity contribution is 5.48. The van der Waals surface area contributed by atoms with Crippen molar-refractivity contribution in [3.05, 3.63) is 28.7 Å². The normalized spacial score (nSPS) is 9.20. The monoisotopic (exact) mass is 138 g/mol. The predicted octanol–water partition coefficient (Wildman–Crippen LogP) is -0.558. The first-order chi connectivity index (χ1) is 4.84. The van der Waals surface area contributed by atoms with Crippen molar-refractivity contribution in [3.8, 4) is 0 Å². The van der Waals surface area contributed by atoms with Crippen molar-refractivity contribution in [1.29, 1.82) is 0 Å². The van der Waals surface area contributed by atoms with Crippen LogP contribution in [0, 0.1) is 0 Å². The van der Waals surface area contributed by atoms with E-state index in [9.17, 15) is 9.59 Å². The van der Waals surface area contributed by atoms with Crippen LogP contribution in [0.1, 0.15) is 0 Å². The Kier molecular flexibility index (Phi) is 1.94. The fourth-order valence-electron chi connectivity index (χ4n) is 0.595. The van der Waals surface area contributed by atoms with Gasteiger partial charge in [-0.3, -0.25) is 4.79 Å². The first kappa shape index (κ1) is 6.67. The highest BCUT2D eigenvalue weighted by Crippen LogP contribution is 1.71. The standard InChI is InChI=1S/C6H6N2O2/c9-5-4-8-6(10)2-1-3-7-8/h1-3,5H,4H2. The Labute approximate surface area is 57.1 Å². The maximum Gasteiger partial charge on any atom is 0.267 e. The van der Waals surface area contributed by atoms with Crippen LogP contribution in [0.25, 0.3) is 0 Å². The van der Waals surface area contributed by atoms with Gasteiger partial charge in [0.2, 0.25) is 0 Å². The summed E-state index contributed by atoms with van der Waals surface area (Å²) in [5.41, 5.74) is -0.255. The van der Waals surface area contributed by atoms with E-state index in [1.807, 2.05) is 0 Å². The van der Waals surface area contributed by atoms with Crippen LogP contribution in [0.5, 0.6) is 0 Å². The van der Waals surface area contributed by atoms with Gasteiger partial charge in [-0.05, 0) is 6.07 Å². The van der Waals surface area contributed by atoms with Gasteiger partial charge in [0, 0.05) is 12.3 Å². The van der Waals surface area contributed by atoms with Gasteiger partial charge in [0.25, 0.3) is 5.56 Å². The highest BCUT2D eigenvalue weighted by Gasteiger charge is 1.90. The molecule has 1 aromatic heterocycles. The van der Waals surface area contributed by atoms with Crippen LogP contribution in [0.3, 0.4) is 0 Å². The van der Waals surface area contributed by atoms with Crippen LogP contribution in [0.15, 0.2) is 23.1 Å². The van der Waals surface area contributed by atoms with E-state index in [1.165, 1.54) is 18.3 Å². The van der Waals surface area contributed by atoms with Crippen LogP contribution < -0.4 is 5.56 Å². The molecular formula is C6H6N2O2. The number of aromatic nitrogens is 2. The second-order valence-corrected chi connectivity index (χ2v) is 1.71. The minimum Gasteiger partial charge on any atom is -0.301 e. The summed E-state index contributed by atoms with van der Waals surface area (Å²) < 4.78 is 1.09. The summed E-state index contributed by atoms with van der Waals surface area (Å²) >= 11 is 0. The molecule has 0 spiro atoms. The van der Waals surface area contributed by atoms with Gasteiger partial charge < -0.3 is 4.79 Å². The average molecular weight is 138 g/mol. The summed E-state index contributed by atoms with van der Waals surface area (Å²) in [7, 11) is 0.